The number of hydrogen-bond donors (Lipinski definition) is 1. The zero-order valence-corrected chi connectivity index (χ0v) is 12.5. The number of rotatable bonds is 3. The number of carboxylic acid groups (broad SMARTS) is 1. The van der Waals surface area contributed by atoms with Crippen molar-refractivity contribution in [2.24, 2.45) is 0 Å². The van der Waals surface area contributed by atoms with Gasteiger partial charge >= 0.3 is 5.97 Å². The van der Waals surface area contributed by atoms with E-state index >= 15 is 0 Å². The second-order valence-corrected chi connectivity index (χ2v) is 7.29. The molecule has 0 bridgehead atoms. The molecule has 110 valence electrons. The predicted octanol–water partition coefficient (Wildman–Crippen LogP) is 2.01. The Hall–Kier alpha value is -1.40. The van der Waals surface area contributed by atoms with E-state index < -0.39 is 21.5 Å². The van der Waals surface area contributed by atoms with Crippen LogP contribution in [0.3, 0.4) is 0 Å². The van der Waals surface area contributed by atoms with Gasteiger partial charge in [0.2, 0.25) is 10.0 Å². The van der Waals surface area contributed by atoms with Gasteiger partial charge in [-0.15, -0.1) is 0 Å². The Bertz CT molecular complexity index is 626. The van der Waals surface area contributed by atoms with Gasteiger partial charge in [-0.05, 0) is 50.8 Å². The molecule has 1 aromatic rings. The number of hydrogen-bond acceptors (Lipinski definition) is 3. The van der Waals surface area contributed by atoms with Crippen LogP contribution in [0.1, 0.15) is 31.7 Å². The lowest BCUT2D eigenvalue weighted by Gasteiger charge is -2.40. The first-order chi connectivity index (χ1) is 9.28. The smallest absolute Gasteiger partial charge is 0.324 e. The number of carbonyl (C=O) groups is 1. The van der Waals surface area contributed by atoms with Crippen molar-refractivity contribution < 1.29 is 18.3 Å². The zero-order chi connectivity index (χ0) is 15.0. The average molecular weight is 297 g/mol. The maximum Gasteiger partial charge on any atom is 0.324 e. The molecule has 0 aliphatic carbocycles. The summed E-state index contributed by atoms with van der Waals surface area (Å²) in [6.45, 7) is 3.55. The molecule has 1 heterocycles. The fourth-order valence-corrected chi connectivity index (χ4v) is 4.51. The van der Waals surface area contributed by atoms with Gasteiger partial charge in [0.1, 0.15) is 5.54 Å². The molecule has 1 atom stereocenters. The Morgan fingerprint density at radius 1 is 1.35 bits per heavy atom. The molecule has 1 aromatic carbocycles. The van der Waals surface area contributed by atoms with Gasteiger partial charge in [-0.2, -0.15) is 4.31 Å². The second-order valence-electron chi connectivity index (χ2n) is 5.43. The van der Waals surface area contributed by atoms with Crippen molar-refractivity contribution >= 4 is 16.0 Å². The summed E-state index contributed by atoms with van der Waals surface area (Å²) < 4.78 is 26.6. The van der Waals surface area contributed by atoms with Crippen LogP contribution in [-0.2, 0) is 14.8 Å². The van der Waals surface area contributed by atoms with Gasteiger partial charge < -0.3 is 5.11 Å². The minimum Gasteiger partial charge on any atom is -0.480 e. The minimum atomic E-state index is -3.78. The molecular formula is C14H19NO4S. The number of carboxylic acids is 1. The number of benzene rings is 1. The fourth-order valence-electron chi connectivity index (χ4n) is 2.60. The van der Waals surface area contributed by atoms with Gasteiger partial charge in [-0.1, -0.05) is 12.1 Å². The summed E-state index contributed by atoms with van der Waals surface area (Å²) in [5.41, 5.74) is -0.527. The average Bonchev–Trinajstić information content (AvgIpc) is 2.39. The topological polar surface area (TPSA) is 74.7 Å². The molecule has 0 radical (unpaired) electrons. The normalized spacial score (nSPS) is 24.5. The molecule has 20 heavy (non-hydrogen) atoms. The first-order valence-corrected chi connectivity index (χ1v) is 8.05. The second kappa shape index (κ2) is 5.18. The quantitative estimate of drug-likeness (QED) is 0.926. The lowest BCUT2D eigenvalue weighted by Crippen LogP contribution is -2.57. The van der Waals surface area contributed by atoms with Gasteiger partial charge in [0.25, 0.3) is 0 Å². The van der Waals surface area contributed by atoms with E-state index in [1.807, 2.05) is 13.0 Å². The lowest BCUT2D eigenvalue weighted by molar-refractivity contribution is -0.149. The maximum absolute atomic E-state index is 12.7. The van der Waals surface area contributed by atoms with Gasteiger partial charge in [-0.3, -0.25) is 4.79 Å². The lowest BCUT2D eigenvalue weighted by atomic mass is 9.91. The van der Waals surface area contributed by atoms with Crippen LogP contribution < -0.4 is 0 Å². The molecule has 6 heteroatoms. The van der Waals surface area contributed by atoms with Gasteiger partial charge in [-0.25, -0.2) is 8.42 Å². The summed E-state index contributed by atoms with van der Waals surface area (Å²) in [6.07, 6.45) is 1.75. The van der Waals surface area contributed by atoms with Crippen molar-refractivity contribution in [2.45, 2.75) is 43.5 Å². The first-order valence-electron chi connectivity index (χ1n) is 6.61. The summed E-state index contributed by atoms with van der Waals surface area (Å²) in [7, 11) is -3.78. The maximum atomic E-state index is 12.7. The van der Waals surface area contributed by atoms with E-state index in [2.05, 4.69) is 0 Å². The molecule has 1 aliphatic rings. The highest BCUT2D eigenvalue weighted by molar-refractivity contribution is 7.89. The molecule has 1 fully saturated rings. The summed E-state index contributed by atoms with van der Waals surface area (Å²) in [6, 6.07) is 6.57. The van der Waals surface area contributed by atoms with Crippen LogP contribution in [0.5, 0.6) is 0 Å². The molecule has 2 rings (SSSR count). The van der Waals surface area contributed by atoms with E-state index in [4.69, 9.17) is 0 Å². The van der Waals surface area contributed by atoms with E-state index in [9.17, 15) is 18.3 Å². The van der Waals surface area contributed by atoms with E-state index in [0.29, 0.717) is 12.8 Å². The van der Waals surface area contributed by atoms with Crippen LogP contribution in [0.4, 0.5) is 0 Å². The van der Waals surface area contributed by atoms with Crippen LogP contribution in [0.25, 0.3) is 0 Å². The predicted molar refractivity (Wildman–Crippen MR) is 75.0 cm³/mol. The number of aliphatic carboxylic acids is 1. The van der Waals surface area contributed by atoms with E-state index in [-0.39, 0.29) is 11.4 Å². The highest BCUT2D eigenvalue weighted by Crippen LogP contribution is 2.33. The minimum absolute atomic E-state index is 0.159. The number of piperidine rings is 1. The largest absolute Gasteiger partial charge is 0.480 e. The first kappa shape index (κ1) is 15.0. The van der Waals surface area contributed by atoms with Crippen LogP contribution in [0.2, 0.25) is 0 Å². The summed E-state index contributed by atoms with van der Waals surface area (Å²) in [4.78, 5) is 11.7. The Balaban J connectivity index is 2.49. The van der Waals surface area contributed by atoms with Crippen LogP contribution >= 0.6 is 0 Å². The monoisotopic (exact) mass is 297 g/mol. The van der Waals surface area contributed by atoms with Gasteiger partial charge in [0.05, 0.1) is 4.90 Å². The Labute approximate surface area is 119 Å². The van der Waals surface area contributed by atoms with Crippen molar-refractivity contribution in [2.75, 3.05) is 6.54 Å². The van der Waals surface area contributed by atoms with Crippen molar-refractivity contribution in [1.82, 2.24) is 4.31 Å². The Morgan fingerprint density at radius 2 is 2.05 bits per heavy atom. The molecule has 0 aromatic heterocycles. The van der Waals surface area contributed by atoms with Crippen LogP contribution in [0.15, 0.2) is 29.2 Å². The fraction of sp³-hybridized carbons (Fsp3) is 0.500. The van der Waals surface area contributed by atoms with E-state index in [1.165, 1.54) is 13.0 Å². The Kier molecular flexibility index (Phi) is 3.88. The van der Waals surface area contributed by atoms with E-state index in [1.54, 1.807) is 12.1 Å². The third-order valence-corrected chi connectivity index (χ3v) is 5.88. The SMILES string of the molecule is Cc1cccc(S(=O)(=O)N2CCCCC2(C)C(=O)O)c1. The molecule has 1 aliphatic heterocycles. The number of aryl methyl sites for hydroxylation is 1. The van der Waals surface area contributed by atoms with Gasteiger partial charge in [0.15, 0.2) is 0 Å². The standard InChI is InChI=1S/C14H19NO4S/c1-11-6-5-7-12(10-11)20(18,19)15-9-4-3-8-14(15,2)13(16)17/h5-7,10H,3-4,8-9H2,1-2H3,(H,16,17). The van der Waals surface area contributed by atoms with Crippen molar-refractivity contribution in [3.8, 4) is 0 Å². The number of sulfonamides is 1. The number of nitrogens with zero attached hydrogens (tertiary/aromatic N) is 1. The molecule has 1 saturated heterocycles. The van der Waals surface area contributed by atoms with Crippen molar-refractivity contribution in [3.63, 3.8) is 0 Å². The summed E-state index contributed by atoms with van der Waals surface area (Å²) >= 11 is 0. The molecule has 1 unspecified atom stereocenters. The van der Waals surface area contributed by atoms with Gasteiger partial charge in [0, 0.05) is 6.54 Å². The van der Waals surface area contributed by atoms with Crippen molar-refractivity contribution in [1.29, 1.82) is 0 Å². The molecule has 0 saturated carbocycles. The van der Waals surface area contributed by atoms with Crippen molar-refractivity contribution in [3.05, 3.63) is 29.8 Å². The highest BCUT2D eigenvalue weighted by Gasteiger charge is 2.47. The van der Waals surface area contributed by atoms with Crippen LogP contribution in [-0.4, -0.2) is 35.9 Å². The van der Waals surface area contributed by atoms with E-state index in [0.717, 1.165) is 16.3 Å². The molecule has 0 spiro atoms. The summed E-state index contributed by atoms with van der Waals surface area (Å²) in [5.74, 6) is -1.09. The molecule has 0 amide bonds. The highest BCUT2D eigenvalue weighted by atomic mass is 32.2. The van der Waals surface area contributed by atoms with Crippen LogP contribution in [0, 0.1) is 6.92 Å². The Morgan fingerprint density at radius 3 is 2.65 bits per heavy atom. The third kappa shape index (κ3) is 2.45. The zero-order valence-electron chi connectivity index (χ0n) is 11.7. The third-order valence-electron chi connectivity index (χ3n) is 3.86. The molecule has 5 nitrogen and oxygen atoms in total. The molecular weight excluding hydrogens is 278 g/mol. The molecule has 1 N–H and O–H groups in total. The summed E-state index contributed by atoms with van der Waals surface area (Å²) in [5, 5.41) is 9.43.